The SMILES string of the molecule is CCC(CC)C(=O)N(CCC(N)=S)CC(C)C. The van der Waals surface area contributed by atoms with Crippen LogP contribution < -0.4 is 5.73 Å². The van der Waals surface area contributed by atoms with E-state index in [1.165, 1.54) is 0 Å². The van der Waals surface area contributed by atoms with Gasteiger partial charge in [-0.05, 0) is 18.8 Å². The van der Waals surface area contributed by atoms with Gasteiger partial charge >= 0.3 is 0 Å². The summed E-state index contributed by atoms with van der Waals surface area (Å²) in [6.07, 6.45) is 2.42. The highest BCUT2D eigenvalue weighted by Gasteiger charge is 2.21. The lowest BCUT2D eigenvalue weighted by atomic mass is 10.0. The molecule has 0 aliphatic carbocycles. The summed E-state index contributed by atoms with van der Waals surface area (Å²) in [5, 5.41) is 0. The van der Waals surface area contributed by atoms with Crippen LogP contribution in [0.5, 0.6) is 0 Å². The van der Waals surface area contributed by atoms with Gasteiger partial charge in [-0.2, -0.15) is 0 Å². The molecule has 0 aromatic heterocycles. The Bertz CT molecular complexity index is 250. The minimum absolute atomic E-state index is 0.139. The van der Waals surface area contributed by atoms with E-state index in [4.69, 9.17) is 18.0 Å². The molecular weight excluding hydrogens is 232 g/mol. The number of nitrogens with two attached hydrogens (primary N) is 1. The number of rotatable bonds is 8. The largest absolute Gasteiger partial charge is 0.393 e. The van der Waals surface area contributed by atoms with E-state index in [1.54, 1.807) is 0 Å². The first-order valence-corrected chi connectivity index (χ1v) is 6.90. The molecule has 1 amide bonds. The normalized spacial score (nSPS) is 10.9. The van der Waals surface area contributed by atoms with Gasteiger partial charge in [0.25, 0.3) is 0 Å². The second-order valence-corrected chi connectivity index (χ2v) is 5.43. The molecule has 0 bridgehead atoms. The van der Waals surface area contributed by atoms with Crippen LogP contribution in [0.1, 0.15) is 47.0 Å². The van der Waals surface area contributed by atoms with Gasteiger partial charge in [-0.3, -0.25) is 4.79 Å². The van der Waals surface area contributed by atoms with Crippen LogP contribution in [0.4, 0.5) is 0 Å². The summed E-state index contributed by atoms with van der Waals surface area (Å²) >= 11 is 4.88. The molecule has 0 heterocycles. The molecule has 0 atom stereocenters. The lowest BCUT2D eigenvalue weighted by molar-refractivity contribution is -0.136. The number of thiocarbonyl (C=S) groups is 1. The zero-order chi connectivity index (χ0) is 13.4. The van der Waals surface area contributed by atoms with Crippen molar-refractivity contribution in [2.24, 2.45) is 17.6 Å². The molecule has 3 nitrogen and oxygen atoms in total. The average Bonchev–Trinajstić information content (AvgIpc) is 2.25. The quantitative estimate of drug-likeness (QED) is 0.681. The number of hydrogen-bond donors (Lipinski definition) is 1. The first kappa shape index (κ1) is 16.4. The van der Waals surface area contributed by atoms with E-state index in [9.17, 15) is 4.79 Å². The van der Waals surface area contributed by atoms with Gasteiger partial charge < -0.3 is 10.6 Å². The number of amides is 1. The smallest absolute Gasteiger partial charge is 0.225 e. The zero-order valence-corrected chi connectivity index (χ0v) is 12.3. The number of hydrogen-bond acceptors (Lipinski definition) is 2. The molecule has 0 radical (unpaired) electrons. The van der Waals surface area contributed by atoms with Crippen molar-refractivity contribution < 1.29 is 4.79 Å². The molecule has 17 heavy (non-hydrogen) atoms. The fourth-order valence-electron chi connectivity index (χ4n) is 1.87. The lowest BCUT2D eigenvalue weighted by Crippen LogP contribution is -2.40. The van der Waals surface area contributed by atoms with Gasteiger partial charge in [-0.15, -0.1) is 0 Å². The highest BCUT2D eigenvalue weighted by atomic mass is 32.1. The van der Waals surface area contributed by atoms with Crippen molar-refractivity contribution in [3.63, 3.8) is 0 Å². The molecule has 0 rings (SSSR count). The molecule has 0 spiro atoms. The van der Waals surface area contributed by atoms with E-state index in [0.717, 1.165) is 19.4 Å². The third-order valence-corrected chi connectivity index (χ3v) is 3.06. The second-order valence-electron chi connectivity index (χ2n) is 4.91. The first-order valence-electron chi connectivity index (χ1n) is 6.49. The van der Waals surface area contributed by atoms with Crippen molar-refractivity contribution in [2.75, 3.05) is 13.1 Å². The molecule has 0 saturated carbocycles. The molecular formula is C13H26N2OS. The predicted molar refractivity (Wildman–Crippen MR) is 76.9 cm³/mol. The van der Waals surface area contributed by atoms with E-state index >= 15 is 0 Å². The Morgan fingerprint density at radius 1 is 1.29 bits per heavy atom. The molecule has 0 aliphatic heterocycles. The third-order valence-electron chi connectivity index (χ3n) is 2.86. The van der Waals surface area contributed by atoms with Crippen LogP contribution in [0, 0.1) is 11.8 Å². The van der Waals surface area contributed by atoms with Gasteiger partial charge in [0, 0.05) is 25.4 Å². The summed E-state index contributed by atoms with van der Waals surface area (Å²) in [5.74, 6) is 0.861. The topological polar surface area (TPSA) is 46.3 Å². The summed E-state index contributed by atoms with van der Waals surface area (Å²) in [6, 6.07) is 0. The minimum Gasteiger partial charge on any atom is -0.393 e. The van der Waals surface area contributed by atoms with Crippen LogP contribution in [-0.2, 0) is 4.79 Å². The highest BCUT2D eigenvalue weighted by molar-refractivity contribution is 7.80. The van der Waals surface area contributed by atoms with Crippen molar-refractivity contribution >= 4 is 23.1 Å². The number of nitrogens with zero attached hydrogens (tertiary/aromatic N) is 1. The Morgan fingerprint density at radius 2 is 1.82 bits per heavy atom. The Kier molecular flexibility index (Phi) is 8.13. The highest BCUT2D eigenvalue weighted by Crippen LogP contribution is 2.13. The Hall–Kier alpha value is -0.640. The van der Waals surface area contributed by atoms with E-state index in [1.807, 2.05) is 4.90 Å². The number of carbonyl (C=O) groups excluding carboxylic acids is 1. The summed E-state index contributed by atoms with van der Waals surface area (Å²) < 4.78 is 0. The van der Waals surface area contributed by atoms with Gasteiger partial charge in [-0.1, -0.05) is 39.9 Å². The van der Waals surface area contributed by atoms with E-state index in [0.29, 0.717) is 23.9 Å². The summed E-state index contributed by atoms with van der Waals surface area (Å²) in [7, 11) is 0. The maximum Gasteiger partial charge on any atom is 0.225 e. The molecule has 0 saturated heterocycles. The predicted octanol–water partition coefficient (Wildman–Crippen LogP) is 2.58. The van der Waals surface area contributed by atoms with Gasteiger partial charge in [0.1, 0.15) is 0 Å². The van der Waals surface area contributed by atoms with Crippen LogP contribution in [0.15, 0.2) is 0 Å². The molecule has 0 fully saturated rings. The van der Waals surface area contributed by atoms with Crippen molar-refractivity contribution in [3.05, 3.63) is 0 Å². The van der Waals surface area contributed by atoms with E-state index in [2.05, 4.69) is 27.7 Å². The fraction of sp³-hybridized carbons (Fsp3) is 0.846. The monoisotopic (exact) mass is 258 g/mol. The van der Waals surface area contributed by atoms with Crippen molar-refractivity contribution in [3.8, 4) is 0 Å². The molecule has 0 unspecified atom stereocenters. The van der Waals surface area contributed by atoms with Crippen LogP contribution in [0.25, 0.3) is 0 Å². The van der Waals surface area contributed by atoms with Gasteiger partial charge in [-0.25, -0.2) is 0 Å². The zero-order valence-electron chi connectivity index (χ0n) is 11.5. The molecule has 100 valence electrons. The number of carbonyl (C=O) groups is 1. The van der Waals surface area contributed by atoms with Gasteiger partial charge in [0.05, 0.1) is 4.99 Å². The summed E-state index contributed by atoms with van der Waals surface area (Å²) in [5.41, 5.74) is 5.51. The molecule has 0 aromatic carbocycles. The molecule has 0 aromatic rings. The standard InChI is InChI=1S/C13H26N2OS/c1-5-11(6-2)13(16)15(9-10(3)4)8-7-12(14)17/h10-11H,5-9H2,1-4H3,(H2,14,17). The van der Waals surface area contributed by atoms with Gasteiger partial charge in [0.2, 0.25) is 5.91 Å². The van der Waals surface area contributed by atoms with Crippen LogP contribution in [0.2, 0.25) is 0 Å². The third kappa shape index (κ3) is 6.61. The Labute approximate surface area is 111 Å². The van der Waals surface area contributed by atoms with Crippen molar-refractivity contribution in [1.29, 1.82) is 0 Å². The summed E-state index contributed by atoms with van der Waals surface area (Å²) in [4.78, 5) is 14.7. The average molecular weight is 258 g/mol. The lowest BCUT2D eigenvalue weighted by Gasteiger charge is -2.28. The second kappa shape index (κ2) is 8.45. The van der Waals surface area contributed by atoms with Crippen LogP contribution in [-0.4, -0.2) is 28.9 Å². The first-order chi connectivity index (χ1) is 7.92. The van der Waals surface area contributed by atoms with Crippen molar-refractivity contribution in [2.45, 2.75) is 47.0 Å². The minimum atomic E-state index is 0.139. The Morgan fingerprint density at radius 3 is 2.18 bits per heavy atom. The molecule has 2 N–H and O–H groups in total. The van der Waals surface area contributed by atoms with Crippen molar-refractivity contribution in [1.82, 2.24) is 4.90 Å². The maximum atomic E-state index is 12.3. The van der Waals surface area contributed by atoms with Crippen LogP contribution >= 0.6 is 12.2 Å². The van der Waals surface area contributed by atoms with Crippen LogP contribution in [0.3, 0.4) is 0 Å². The Balaban J connectivity index is 4.53. The maximum absolute atomic E-state index is 12.3. The summed E-state index contributed by atoms with van der Waals surface area (Å²) in [6.45, 7) is 9.81. The van der Waals surface area contributed by atoms with E-state index < -0.39 is 0 Å². The van der Waals surface area contributed by atoms with Gasteiger partial charge in [0.15, 0.2) is 0 Å². The fourth-order valence-corrected chi connectivity index (χ4v) is 1.96. The molecule has 0 aliphatic rings. The molecule has 4 heteroatoms. The van der Waals surface area contributed by atoms with E-state index in [-0.39, 0.29) is 11.8 Å².